The van der Waals surface area contributed by atoms with Gasteiger partial charge in [0.15, 0.2) is 0 Å². The van der Waals surface area contributed by atoms with E-state index in [2.05, 4.69) is 28.9 Å². The number of benzene rings is 2. The maximum atomic E-state index is 12.5. The Morgan fingerprint density at radius 3 is 2.10 bits per heavy atom. The van der Waals surface area contributed by atoms with Crippen molar-refractivity contribution in [2.45, 2.75) is 106 Å². The van der Waals surface area contributed by atoms with Gasteiger partial charge in [-0.1, -0.05) is 77.6 Å². The van der Waals surface area contributed by atoms with Crippen LogP contribution in [0.1, 0.15) is 95.8 Å². The summed E-state index contributed by atoms with van der Waals surface area (Å²) in [5.41, 5.74) is 10.4. The quantitative estimate of drug-likeness (QED) is 0.208. The van der Waals surface area contributed by atoms with E-state index in [4.69, 9.17) is 5.73 Å². The number of unbranched alkanes of at least 4 members (excludes halogenated alkanes) is 2. The van der Waals surface area contributed by atoms with Gasteiger partial charge in [0, 0.05) is 30.4 Å². The van der Waals surface area contributed by atoms with Gasteiger partial charge < -0.3 is 15.8 Å². The Labute approximate surface area is 239 Å². The van der Waals surface area contributed by atoms with Crippen LogP contribution in [-0.4, -0.2) is 19.2 Å². The highest BCUT2D eigenvalue weighted by atomic mass is 19.4. The third-order valence-corrected chi connectivity index (χ3v) is 6.09. The number of hydrogen-bond acceptors (Lipinski definition) is 3. The molecule has 0 aromatic heterocycles. The standard InChI is InChI=1S/C17H22F3N3O.C8H9F.C5H12.C2H6/c1-22-16(13-8-3-2-4-9-14(13)21)23-11-12-7-5-6-10-15(12)24-17(18,19)20;1-6-3-4-8(9)5-7(6)2;1-3-5-4-2;1-2/h5-7,10H,2-4,8-9,11,21H2,1H3,(H,22,23);3-5H,1-2H3;3-5H2,1-2H3;1-2H3. The zero-order valence-electron chi connectivity index (χ0n) is 25.4. The number of nitrogens with zero attached hydrogens (tertiary/aromatic N) is 1. The summed E-state index contributed by atoms with van der Waals surface area (Å²) >= 11 is 0. The van der Waals surface area contributed by atoms with Crippen LogP contribution in [-0.2, 0) is 6.54 Å². The molecule has 0 atom stereocenters. The summed E-state index contributed by atoms with van der Waals surface area (Å²) in [5.74, 6) is 0.269. The average Bonchev–Trinajstić information content (AvgIpc) is 3.13. The molecule has 2 aromatic rings. The number of aryl methyl sites for hydroxylation is 2. The van der Waals surface area contributed by atoms with Gasteiger partial charge in [-0.05, 0) is 68.9 Å². The van der Waals surface area contributed by atoms with E-state index in [-0.39, 0.29) is 18.1 Å². The number of rotatable bonds is 6. The van der Waals surface area contributed by atoms with Crippen molar-refractivity contribution >= 4 is 5.84 Å². The molecule has 0 fully saturated rings. The van der Waals surface area contributed by atoms with E-state index >= 15 is 0 Å². The van der Waals surface area contributed by atoms with Gasteiger partial charge in [0.05, 0.1) is 0 Å². The molecule has 3 N–H and O–H groups in total. The van der Waals surface area contributed by atoms with Gasteiger partial charge in [0.25, 0.3) is 0 Å². The van der Waals surface area contributed by atoms with Gasteiger partial charge in [0.2, 0.25) is 0 Å². The number of amidine groups is 1. The summed E-state index contributed by atoms with van der Waals surface area (Å²) < 4.78 is 53.9. The molecule has 1 aliphatic rings. The number of para-hydroxylation sites is 1. The van der Waals surface area contributed by atoms with Gasteiger partial charge in [-0.15, -0.1) is 13.2 Å². The number of aliphatic imine (C=N–C) groups is 1. The SMILES string of the molecule is CC.CCCCC.CN=C(NCc1ccccc1OC(F)(F)F)C1=C(N)CCCCC1.Cc1ccc(F)cc1C. The van der Waals surface area contributed by atoms with Crippen LogP contribution in [0.2, 0.25) is 0 Å². The minimum absolute atomic E-state index is 0.155. The first-order valence-corrected chi connectivity index (χ1v) is 14.3. The van der Waals surface area contributed by atoms with Crippen molar-refractivity contribution in [1.29, 1.82) is 0 Å². The molecule has 0 spiro atoms. The summed E-state index contributed by atoms with van der Waals surface area (Å²) in [6, 6.07) is 10.9. The van der Waals surface area contributed by atoms with E-state index in [1.807, 2.05) is 27.7 Å². The van der Waals surface area contributed by atoms with Crippen molar-refractivity contribution in [2.75, 3.05) is 7.05 Å². The molecule has 0 saturated heterocycles. The molecule has 4 nitrogen and oxygen atoms in total. The largest absolute Gasteiger partial charge is 0.573 e. The van der Waals surface area contributed by atoms with E-state index < -0.39 is 6.36 Å². The molecule has 8 heteroatoms. The summed E-state index contributed by atoms with van der Waals surface area (Å²) in [6.45, 7) is 12.5. The molecular weight excluding hydrogens is 518 g/mol. The van der Waals surface area contributed by atoms with E-state index in [0.717, 1.165) is 54.5 Å². The van der Waals surface area contributed by atoms with Crippen LogP contribution in [0.5, 0.6) is 5.75 Å². The highest BCUT2D eigenvalue weighted by Crippen LogP contribution is 2.27. The zero-order valence-corrected chi connectivity index (χ0v) is 25.4. The van der Waals surface area contributed by atoms with Crippen molar-refractivity contribution in [1.82, 2.24) is 5.32 Å². The Bertz CT molecular complexity index is 1030. The summed E-state index contributed by atoms with van der Waals surface area (Å²) in [4.78, 5) is 4.23. The first kappa shape index (κ1) is 37.0. The lowest BCUT2D eigenvalue weighted by Crippen LogP contribution is -2.27. The van der Waals surface area contributed by atoms with Crippen LogP contribution >= 0.6 is 0 Å². The fraction of sp³-hybridized carbons (Fsp3) is 0.531. The molecule has 0 saturated carbocycles. The Kier molecular flexibility index (Phi) is 19.2. The Hall–Kier alpha value is -3.03. The topological polar surface area (TPSA) is 59.6 Å². The highest BCUT2D eigenvalue weighted by Gasteiger charge is 2.32. The third-order valence-electron chi connectivity index (χ3n) is 6.09. The van der Waals surface area contributed by atoms with Crippen LogP contribution in [0.15, 0.2) is 58.7 Å². The Morgan fingerprint density at radius 1 is 0.950 bits per heavy atom. The first-order chi connectivity index (χ1) is 19.0. The van der Waals surface area contributed by atoms with Crippen molar-refractivity contribution in [2.24, 2.45) is 10.7 Å². The van der Waals surface area contributed by atoms with Crippen molar-refractivity contribution in [3.63, 3.8) is 0 Å². The smallest absolute Gasteiger partial charge is 0.405 e. The average molecular weight is 568 g/mol. The zero-order chi connectivity index (χ0) is 30.6. The molecule has 0 aliphatic heterocycles. The van der Waals surface area contributed by atoms with E-state index in [1.54, 1.807) is 25.2 Å². The van der Waals surface area contributed by atoms with Gasteiger partial charge in [-0.25, -0.2) is 4.39 Å². The second-order valence-corrected chi connectivity index (χ2v) is 9.23. The lowest BCUT2D eigenvalue weighted by atomic mass is 10.1. The molecule has 0 bridgehead atoms. The summed E-state index contributed by atoms with van der Waals surface area (Å²) in [6.07, 6.45) is 4.21. The fourth-order valence-corrected chi connectivity index (χ4v) is 3.81. The molecule has 226 valence electrons. The summed E-state index contributed by atoms with van der Waals surface area (Å²) in [5, 5.41) is 3.10. The maximum Gasteiger partial charge on any atom is 0.573 e. The molecule has 0 radical (unpaired) electrons. The van der Waals surface area contributed by atoms with E-state index in [9.17, 15) is 17.6 Å². The number of alkyl halides is 3. The van der Waals surface area contributed by atoms with Crippen LogP contribution in [0.25, 0.3) is 0 Å². The van der Waals surface area contributed by atoms with E-state index in [0.29, 0.717) is 11.4 Å². The molecule has 0 amide bonds. The maximum absolute atomic E-state index is 12.5. The van der Waals surface area contributed by atoms with Gasteiger partial charge in [0.1, 0.15) is 17.4 Å². The molecule has 2 aromatic carbocycles. The number of allylic oxidation sites excluding steroid dienone is 1. The third kappa shape index (κ3) is 15.5. The highest BCUT2D eigenvalue weighted by molar-refractivity contribution is 5.98. The van der Waals surface area contributed by atoms with Crippen LogP contribution in [0, 0.1) is 19.7 Å². The lowest BCUT2D eigenvalue weighted by Gasteiger charge is -2.17. The van der Waals surface area contributed by atoms with Crippen molar-refractivity contribution < 1.29 is 22.3 Å². The van der Waals surface area contributed by atoms with Crippen LogP contribution < -0.4 is 15.8 Å². The number of nitrogens with one attached hydrogen (secondary N) is 1. The predicted molar refractivity (Wildman–Crippen MR) is 160 cm³/mol. The molecule has 0 unspecified atom stereocenters. The number of nitrogens with two attached hydrogens (primary N) is 1. The summed E-state index contributed by atoms with van der Waals surface area (Å²) in [7, 11) is 1.64. The predicted octanol–water partition coefficient (Wildman–Crippen LogP) is 9.55. The minimum Gasteiger partial charge on any atom is -0.405 e. The number of ether oxygens (including phenoxy) is 1. The monoisotopic (exact) mass is 567 g/mol. The van der Waals surface area contributed by atoms with E-state index in [1.165, 1.54) is 43.5 Å². The molecule has 1 aliphatic carbocycles. The Morgan fingerprint density at radius 2 is 1.57 bits per heavy atom. The number of hydrogen-bond donors (Lipinski definition) is 2. The lowest BCUT2D eigenvalue weighted by molar-refractivity contribution is -0.274. The fourth-order valence-electron chi connectivity index (χ4n) is 3.81. The molecule has 3 rings (SSSR count). The van der Waals surface area contributed by atoms with Crippen molar-refractivity contribution in [3.8, 4) is 5.75 Å². The minimum atomic E-state index is -4.72. The van der Waals surface area contributed by atoms with Gasteiger partial charge in [-0.3, -0.25) is 4.99 Å². The van der Waals surface area contributed by atoms with Gasteiger partial charge in [-0.2, -0.15) is 0 Å². The number of halogens is 4. The molecule has 0 heterocycles. The second kappa shape index (κ2) is 20.8. The van der Waals surface area contributed by atoms with Crippen LogP contribution in [0.3, 0.4) is 0 Å². The van der Waals surface area contributed by atoms with Crippen LogP contribution in [0.4, 0.5) is 17.6 Å². The first-order valence-electron chi connectivity index (χ1n) is 14.3. The Balaban J connectivity index is 0.000000777. The normalized spacial score (nSPS) is 13.4. The second-order valence-electron chi connectivity index (χ2n) is 9.23. The van der Waals surface area contributed by atoms with Crippen molar-refractivity contribution in [3.05, 3.63) is 76.2 Å². The molecule has 40 heavy (non-hydrogen) atoms. The molecular formula is C32H49F4N3O. The van der Waals surface area contributed by atoms with Gasteiger partial charge >= 0.3 is 6.36 Å².